The van der Waals surface area contributed by atoms with Crippen molar-refractivity contribution < 1.29 is 19.4 Å². The number of ether oxygens (including phenoxy) is 2. The third-order valence-electron chi connectivity index (χ3n) is 4.55. The van der Waals surface area contributed by atoms with Crippen LogP contribution >= 0.6 is 0 Å². The summed E-state index contributed by atoms with van der Waals surface area (Å²) in [7, 11) is 0. The Morgan fingerprint density at radius 1 is 1.07 bits per heavy atom. The van der Waals surface area contributed by atoms with Crippen molar-refractivity contribution >= 4 is 12.0 Å². The Bertz CT molecular complexity index is 737. The van der Waals surface area contributed by atoms with Crippen molar-refractivity contribution in [3.8, 4) is 5.75 Å². The van der Waals surface area contributed by atoms with Crippen LogP contribution in [-0.4, -0.2) is 23.3 Å². The molecule has 144 valence electrons. The fourth-order valence-corrected chi connectivity index (χ4v) is 3.02. The molecule has 0 aromatic heterocycles. The molecule has 4 heteroatoms. The van der Waals surface area contributed by atoms with E-state index in [1.54, 1.807) is 13.0 Å². The lowest BCUT2D eigenvalue weighted by Gasteiger charge is -2.24. The van der Waals surface area contributed by atoms with Gasteiger partial charge in [-0.3, -0.25) is 0 Å². The Hall–Kier alpha value is -2.59. The molecule has 0 bridgehead atoms. The number of hydrogen-bond acceptors (Lipinski definition) is 4. The van der Waals surface area contributed by atoms with Gasteiger partial charge in [-0.2, -0.15) is 0 Å². The van der Waals surface area contributed by atoms with Gasteiger partial charge in [-0.1, -0.05) is 55.5 Å². The van der Waals surface area contributed by atoms with Crippen molar-refractivity contribution in [1.82, 2.24) is 0 Å². The number of aliphatic hydroxyl groups excluding tert-OH is 1. The Balaban J connectivity index is 1.99. The van der Waals surface area contributed by atoms with Gasteiger partial charge in [-0.25, -0.2) is 4.79 Å². The van der Waals surface area contributed by atoms with E-state index < -0.39 is 12.1 Å². The standard InChI is InChI=1S/C23H28O4/c1-4-21(17(2)24)18(3)27-23(25)15-14-20-12-8-9-13-22(20)26-16-19-10-6-5-7-11-19/h5-15,17-18,21,24H,4,16H2,1-3H3/t17-,18+,21?/m1/s1. The van der Waals surface area contributed by atoms with Crippen LogP contribution in [0.4, 0.5) is 0 Å². The third-order valence-corrected chi connectivity index (χ3v) is 4.55. The van der Waals surface area contributed by atoms with E-state index in [2.05, 4.69) is 0 Å². The van der Waals surface area contributed by atoms with Gasteiger partial charge in [0.05, 0.1) is 6.10 Å². The Morgan fingerprint density at radius 3 is 2.41 bits per heavy atom. The molecule has 0 aliphatic heterocycles. The van der Waals surface area contributed by atoms with Crippen LogP contribution in [0.2, 0.25) is 0 Å². The molecule has 1 N–H and O–H groups in total. The second-order valence-corrected chi connectivity index (χ2v) is 6.60. The topological polar surface area (TPSA) is 55.8 Å². The van der Waals surface area contributed by atoms with Gasteiger partial charge in [0, 0.05) is 17.6 Å². The second kappa shape index (κ2) is 10.5. The fraction of sp³-hybridized carbons (Fsp3) is 0.348. The highest BCUT2D eigenvalue weighted by Crippen LogP contribution is 2.21. The highest BCUT2D eigenvalue weighted by molar-refractivity contribution is 5.87. The minimum Gasteiger partial charge on any atom is -0.488 e. The average molecular weight is 368 g/mol. The summed E-state index contributed by atoms with van der Waals surface area (Å²) in [6.07, 6.45) is 2.96. The molecule has 3 atom stereocenters. The monoisotopic (exact) mass is 368 g/mol. The van der Waals surface area contributed by atoms with Crippen LogP contribution in [0, 0.1) is 5.92 Å². The smallest absolute Gasteiger partial charge is 0.331 e. The summed E-state index contributed by atoms with van der Waals surface area (Å²) in [5, 5.41) is 9.77. The predicted molar refractivity (Wildman–Crippen MR) is 107 cm³/mol. The number of carbonyl (C=O) groups is 1. The van der Waals surface area contributed by atoms with E-state index in [1.165, 1.54) is 6.08 Å². The molecule has 1 unspecified atom stereocenters. The zero-order valence-corrected chi connectivity index (χ0v) is 16.2. The van der Waals surface area contributed by atoms with Gasteiger partial charge in [0.15, 0.2) is 0 Å². The predicted octanol–water partition coefficient (Wildman–Crippen LogP) is 4.62. The van der Waals surface area contributed by atoms with Crippen LogP contribution in [0.1, 0.15) is 38.3 Å². The van der Waals surface area contributed by atoms with E-state index in [9.17, 15) is 9.90 Å². The highest BCUT2D eigenvalue weighted by Gasteiger charge is 2.23. The lowest BCUT2D eigenvalue weighted by atomic mass is 9.95. The number of rotatable bonds is 9. The summed E-state index contributed by atoms with van der Waals surface area (Å²) in [6, 6.07) is 17.5. The molecule has 2 rings (SSSR count). The molecule has 2 aromatic carbocycles. The normalized spacial score (nSPS) is 14.5. The quantitative estimate of drug-likeness (QED) is 0.518. The Kier molecular flexibility index (Phi) is 8.08. The minimum absolute atomic E-state index is 0.0798. The van der Waals surface area contributed by atoms with Gasteiger partial charge < -0.3 is 14.6 Å². The van der Waals surface area contributed by atoms with Crippen LogP contribution in [0.3, 0.4) is 0 Å². The van der Waals surface area contributed by atoms with Crippen molar-refractivity contribution in [2.24, 2.45) is 5.92 Å². The first-order valence-corrected chi connectivity index (χ1v) is 9.33. The molecule has 0 saturated carbocycles. The zero-order chi connectivity index (χ0) is 19.6. The van der Waals surface area contributed by atoms with Gasteiger partial charge in [-0.15, -0.1) is 0 Å². The van der Waals surface area contributed by atoms with Crippen LogP contribution in [0.15, 0.2) is 60.7 Å². The van der Waals surface area contributed by atoms with E-state index in [1.807, 2.05) is 68.4 Å². The number of para-hydroxylation sites is 1. The van der Waals surface area contributed by atoms with Gasteiger partial charge in [0.1, 0.15) is 18.5 Å². The first-order chi connectivity index (χ1) is 13.0. The molecule has 0 saturated heterocycles. The van der Waals surface area contributed by atoms with E-state index in [4.69, 9.17) is 9.47 Å². The summed E-state index contributed by atoms with van der Waals surface area (Å²) in [5.41, 5.74) is 1.88. The molecular weight excluding hydrogens is 340 g/mol. The van der Waals surface area contributed by atoms with Crippen molar-refractivity contribution in [3.05, 3.63) is 71.8 Å². The number of carbonyl (C=O) groups excluding carboxylic acids is 1. The van der Waals surface area contributed by atoms with Crippen LogP contribution < -0.4 is 4.74 Å². The van der Waals surface area contributed by atoms with Crippen LogP contribution in [0.5, 0.6) is 5.75 Å². The van der Waals surface area contributed by atoms with Gasteiger partial charge in [0.2, 0.25) is 0 Å². The Labute approximate surface area is 161 Å². The maximum atomic E-state index is 12.1. The second-order valence-electron chi connectivity index (χ2n) is 6.60. The molecule has 27 heavy (non-hydrogen) atoms. The first kappa shape index (κ1) is 20.7. The van der Waals surface area contributed by atoms with E-state index in [0.717, 1.165) is 17.5 Å². The van der Waals surface area contributed by atoms with Gasteiger partial charge in [0.25, 0.3) is 0 Å². The van der Waals surface area contributed by atoms with Crippen molar-refractivity contribution in [2.75, 3.05) is 0 Å². The zero-order valence-electron chi connectivity index (χ0n) is 16.2. The molecule has 0 heterocycles. The molecule has 0 fully saturated rings. The molecule has 0 aliphatic carbocycles. The summed E-state index contributed by atoms with van der Waals surface area (Å²) in [4.78, 5) is 12.1. The summed E-state index contributed by atoms with van der Waals surface area (Å²) >= 11 is 0. The van der Waals surface area contributed by atoms with E-state index in [-0.39, 0.29) is 12.0 Å². The molecule has 0 spiro atoms. The van der Waals surface area contributed by atoms with Crippen molar-refractivity contribution in [1.29, 1.82) is 0 Å². The summed E-state index contributed by atoms with van der Waals surface area (Å²) < 4.78 is 11.3. The number of aliphatic hydroxyl groups is 1. The molecule has 4 nitrogen and oxygen atoms in total. The molecule has 0 radical (unpaired) electrons. The number of benzene rings is 2. The van der Waals surface area contributed by atoms with E-state index in [0.29, 0.717) is 12.4 Å². The molecular formula is C23H28O4. The largest absolute Gasteiger partial charge is 0.488 e. The van der Waals surface area contributed by atoms with Crippen LogP contribution in [0.25, 0.3) is 6.08 Å². The highest BCUT2D eigenvalue weighted by atomic mass is 16.5. The summed E-state index contributed by atoms with van der Waals surface area (Å²) in [5.74, 6) is 0.192. The maximum absolute atomic E-state index is 12.1. The fourth-order valence-electron chi connectivity index (χ4n) is 3.02. The van der Waals surface area contributed by atoms with Gasteiger partial charge >= 0.3 is 5.97 Å². The number of hydrogen-bond donors (Lipinski definition) is 1. The van der Waals surface area contributed by atoms with Gasteiger partial charge in [-0.05, 0) is 38.0 Å². The minimum atomic E-state index is -0.520. The van der Waals surface area contributed by atoms with E-state index >= 15 is 0 Å². The SMILES string of the molecule is CCC([C@H](C)OC(=O)C=Cc1ccccc1OCc1ccccc1)[C@@H](C)O. The molecule has 0 aliphatic rings. The third kappa shape index (κ3) is 6.57. The molecule has 2 aromatic rings. The first-order valence-electron chi connectivity index (χ1n) is 9.33. The Morgan fingerprint density at radius 2 is 1.74 bits per heavy atom. The van der Waals surface area contributed by atoms with Crippen LogP contribution in [-0.2, 0) is 16.1 Å². The molecule has 0 amide bonds. The average Bonchev–Trinajstić information content (AvgIpc) is 2.66. The lowest BCUT2D eigenvalue weighted by Crippen LogP contribution is -2.30. The van der Waals surface area contributed by atoms with Crippen molar-refractivity contribution in [2.45, 2.75) is 46.0 Å². The van der Waals surface area contributed by atoms with Crippen molar-refractivity contribution in [3.63, 3.8) is 0 Å². The lowest BCUT2D eigenvalue weighted by molar-refractivity contribution is -0.146. The maximum Gasteiger partial charge on any atom is 0.331 e. The summed E-state index contributed by atoms with van der Waals surface area (Å²) in [6.45, 7) is 5.95. The number of esters is 1.